The van der Waals surface area contributed by atoms with Crippen molar-refractivity contribution < 1.29 is 4.79 Å². The van der Waals surface area contributed by atoms with Gasteiger partial charge in [0.1, 0.15) is 5.54 Å². The van der Waals surface area contributed by atoms with Crippen molar-refractivity contribution in [3.63, 3.8) is 0 Å². The molecule has 0 fully saturated rings. The largest absolute Gasteiger partial charge is 0.370 e. The number of anilines is 2. The molecule has 82 valence electrons. The van der Waals surface area contributed by atoms with Crippen LogP contribution in [0.1, 0.15) is 27.7 Å². The van der Waals surface area contributed by atoms with Gasteiger partial charge in [0.2, 0.25) is 5.91 Å². The highest BCUT2D eigenvalue weighted by Gasteiger charge is 2.32. The number of nitrogens with one attached hydrogen (secondary N) is 2. The summed E-state index contributed by atoms with van der Waals surface area (Å²) in [5, 5.41) is 6.02. The Balaban J connectivity index is 0.000000531. The average molecular weight is 206 g/mol. The van der Waals surface area contributed by atoms with Crippen molar-refractivity contribution >= 4 is 17.3 Å². The lowest BCUT2D eigenvalue weighted by Gasteiger charge is -2.32. The van der Waals surface area contributed by atoms with Crippen LogP contribution in [0.5, 0.6) is 0 Å². The van der Waals surface area contributed by atoms with E-state index in [9.17, 15) is 4.79 Å². The topological polar surface area (TPSA) is 41.1 Å². The SMILES string of the molecule is CC.CC1(C)Nc2ccccc2NC1=O. The first-order valence-electron chi connectivity index (χ1n) is 5.28. The molecule has 3 nitrogen and oxygen atoms in total. The summed E-state index contributed by atoms with van der Waals surface area (Å²) < 4.78 is 0. The number of hydrogen-bond donors (Lipinski definition) is 2. The number of amides is 1. The van der Waals surface area contributed by atoms with Crippen LogP contribution in [-0.4, -0.2) is 11.4 Å². The van der Waals surface area contributed by atoms with Crippen molar-refractivity contribution in [1.29, 1.82) is 0 Å². The molecule has 0 spiro atoms. The molecule has 1 aromatic carbocycles. The van der Waals surface area contributed by atoms with Crippen LogP contribution in [0.15, 0.2) is 24.3 Å². The van der Waals surface area contributed by atoms with Crippen molar-refractivity contribution in [3.8, 4) is 0 Å². The molecule has 2 rings (SSSR count). The van der Waals surface area contributed by atoms with Gasteiger partial charge >= 0.3 is 0 Å². The molecule has 1 heterocycles. The van der Waals surface area contributed by atoms with Crippen molar-refractivity contribution in [2.45, 2.75) is 33.2 Å². The number of rotatable bonds is 0. The highest BCUT2D eigenvalue weighted by Crippen LogP contribution is 2.29. The summed E-state index contributed by atoms with van der Waals surface area (Å²) in [7, 11) is 0. The Morgan fingerprint density at radius 1 is 1.07 bits per heavy atom. The Hall–Kier alpha value is -1.51. The molecule has 1 amide bonds. The van der Waals surface area contributed by atoms with Gasteiger partial charge in [0.05, 0.1) is 11.4 Å². The van der Waals surface area contributed by atoms with Gasteiger partial charge < -0.3 is 10.6 Å². The summed E-state index contributed by atoms with van der Waals surface area (Å²) >= 11 is 0. The van der Waals surface area contributed by atoms with Crippen LogP contribution in [-0.2, 0) is 4.79 Å². The average Bonchev–Trinajstić information content (AvgIpc) is 2.22. The predicted molar refractivity (Wildman–Crippen MR) is 64.1 cm³/mol. The standard InChI is InChI=1S/C10H12N2O.C2H6/c1-10(2)9(13)11-7-5-3-4-6-8(7)12-10;1-2/h3-6,12H,1-2H3,(H,11,13);1-2H3. The van der Waals surface area contributed by atoms with Crippen LogP contribution >= 0.6 is 0 Å². The fourth-order valence-corrected chi connectivity index (χ4v) is 1.37. The molecule has 1 aliphatic rings. The predicted octanol–water partition coefficient (Wildman–Crippen LogP) is 2.86. The quantitative estimate of drug-likeness (QED) is 0.685. The molecule has 0 radical (unpaired) electrons. The third-order valence-electron chi connectivity index (χ3n) is 2.19. The lowest BCUT2D eigenvalue weighted by molar-refractivity contribution is -0.119. The molecule has 2 N–H and O–H groups in total. The van der Waals surface area contributed by atoms with Gasteiger partial charge in [-0.05, 0) is 26.0 Å². The van der Waals surface area contributed by atoms with Gasteiger partial charge in [0, 0.05) is 0 Å². The zero-order valence-electron chi connectivity index (χ0n) is 9.72. The van der Waals surface area contributed by atoms with E-state index in [0.717, 1.165) is 11.4 Å². The number of carbonyl (C=O) groups excluding carboxylic acids is 1. The van der Waals surface area contributed by atoms with Gasteiger partial charge in [-0.1, -0.05) is 26.0 Å². The van der Waals surface area contributed by atoms with Crippen LogP contribution in [0.2, 0.25) is 0 Å². The second-order valence-corrected chi connectivity index (χ2v) is 3.75. The summed E-state index contributed by atoms with van der Waals surface area (Å²) in [4.78, 5) is 11.5. The molecule has 0 atom stereocenters. The van der Waals surface area contributed by atoms with E-state index in [0.29, 0.717) is 0 Å². The third-order valence-corrected chi connectivity index (χ3v) is 2.19. The lowest BCUT2D eigenvalue weighted by atomic mass is 10.0. The minimum absolute atomic E-state index is 0.00574. The summed E-state index contributed by atoms with van der Waals surface area (Å²) in [5.41, 5.74) is 1.31. The summed E-state index contributed by atoms with van der Waals surface area (Å²) in [6.45, 7) is 7.72. The zero-order valence-corrected chi connectivity index (χ0v) is 9.72. The van der Waals surface area contributed by atoms with E-state index in [4.69, 9.17) is 0 Å². The minimum Gasteiger partial charge on any atom is -0.370 e. The van der Waals surface area contributed by atoms with Gasteiger partial charge in [0.15, 0.2) is 0 Å². The smallest absolute Gasteiger partial charge is 0.249 e. The molecular formula is C12H18N2O. The van der Waals surface area contributed by atoms with Crippen LogP contribution in [0, 0.1) is 0 Å². The molecule has 0 unspecified atom stereocenters. The second kappa shape index (κ2) is 4.34. The molecule has 0 saturated heterocycles. The maximum atomic E-state index is 11.5. The van der Waals surface area contributed by atoms with Crippen LogP contribution < -0.4 is 10.6 Å². The molecule has 0 saturated carbocycles. The number of hydrogen-bond acceptors (Lipinski definition) is 2. The van der Waals surface area contributed by atoms with E-state index < -0.39 is 5.54 Å². The van der Waals surface area contributed by atoms with Crippen LogP contribution in [0.4, 0.5) is 11.4 Å². The summed E-state index contributed by atoms with van der Waals surface area (Å²) in [6, 6.07) is 7.69. The highest BCUT2D eigenvalue weighted by atomic mass is 16.2. The van der Waals surface area contributed by atoms with Crippen molar-refractivity contribution in [2.24, 2.45) is 0 Å². The molecule has 1 aromatic rings. The first-order valence-corrected chi connectivity index (χ1v) is 5.28. The number of fused-ring (bicyclic) bond motifs is 1. The lowest BCUT2D eigenvalue weighted by Crippen LogP contribution is -2.47. The second-order valence-electron chi connectivity index (χ2n) is 3.75. The Morgan fingerprint density at radius 2 is 1.60 bits per heavy atom. The van der Waals surface area contributed by atoms with E-state index in [1.165, 1.54) is 0 Å². The molecule has 3 heteroatoms. The van der Waals surface area contributed by atoms with E-state index >= 15 is 0 Å². The highest BCUT2D eigenvalue weighted by molar-refractivity contribution is 6.05. The Morgan fingerprint density at radius 3 is 2.20 bits per heavy atom. The monoisotopic (exact) mass is 206 g/mol. The fourth-order valence-electron chi connectivity index (χ4n) is 1.37. The molecular weight excluding hydrogens is 188 g/mol. The first-order chi connectivity index (χ1) is 7.09. The normalized spacial score (nSPS) is 16.4. The number of benzene rings is 1. The van der Waals surface area contributed by atoms with Crippen LogP contribution in [0.3, 0.4) is 0 Å². The van der Waals surface area contributed by atoms with Crippen molar-refractivity contribution in [1.82, 2.24) is 0 Å². The first kappa shape index (κ1) is 11.6. The van der Waals surface area contributed by atoms with E-state index in [1.54, 1.807) is 0 Å². The third kappa shape index (κ3) is 2.29. The Labute approximate surface area is 90.9 Å². The van der Waals surface area contributed by atoms with Crippen molar-refractivity contribution in [2.75, 3.05) is 10.6 Å². The molecule has 0 aliphatic carbocycles. The Bertz CT molecular complexity index is 358. The summed E-state index contributed by atoms with van der Waals surface area (Å²) in [5.74, 6) is 0.00574. The van der Waals surface area contributed by atoms with Gasteiger partial charge in [-0.15, -0.1) is 0 Å². The van der Waals surface area contributed by atoms with E-state index in [1.807, 2.05) is 52.0 Å². The zero-order chi connectivity index (χ0) is 11.5. The molecule has 0 aromatic heterocycles. The van der Waals surface area contributed by atoms with Gasteiger partial charge in [0.25, 0.3) is 0 Å². The maximum Gasteiger partial charge on any atom is 0.249 e. The summed E-state index contributed by atoms with van der Waals surface area (Å²) in [6.07, 6.45) is 0. The molecule has 15 heavy (non-hydrogen) atoms. The van der Waals surface area contributed by atoms with Crippen LogP contribution in [0.25, 0.3) is 0 Å². The number of carbonyl (C=O) groups is 1. The maximum absolute atomic E-state index is 11.5. The minimum atomic E-state index is -0.519. The molecule has 1 aliphatic heterocycles. The van der Waals surface area contributed by atoms with E-state index in [2.05, 4.69) is 10.6 Å². The number of para-hydroxylation sites is 2. The molecule has 0 bridgehead atoms. The van der Waals surface area contributed by atoms with E-state index in [-0.39, 0.29) is 5.91 Å². The van der Waals surface area contributed by atoms with Gasteiger partial charge in [-0.25, -0.2) is 0 Å². The van der Waals surface area contributed by atoms with Gasteiger partial charge in [-0.2, -0.15) is 0 Å². The Kier molecular flexibility index (Phi) is 3.35. The van der Waals surface area contributed by atoms with Crippen molar-refractivity contribution in [3.05, 3.63) is 24.3 Å². The fraction of sp³-hybridized carbons (Fsp3) is 0.417. The van der Waals surface area contributed by atoms with Gasteiger partial charge in [-0.3, -0.25) is 4.79 Å².